The van der Waals surface area contributed by atoms with E-state index in [0.717, 1.165) is 52.1 Å². The molecule has 2 aliphatic rings. The molecule has 17 heavy (non-hydrogen) atoms. The quantitative estimate of drug-likeness (QED) is 0.799. The minimum absolute atomic E-state index is 0.182. The van der Waals surface area contributed by atoms with Crippen molar-refractivity contribution in [3.05, 3.63) is 0 Å². The molecule has 2 fully saturated rings. The molecule has 1 atom stereocenters. The normalized spacial score (nSPS) is 39.7. The highest BCUT2D eigenvalue weighted by Crippen LogP contribution is 2.39. The number of nitrogens with two attached hydrogens (primary N) is 1. The summed E-state index contributed by atoms with van der Waals surface area (Å²) in [5.74, 6) is 0. The van der Waals surface area contributed by atoms with Gasteiger partial charge in [-0.15, -0.1) is 0 Å². The molecule has 2 N–H and O–H groups in total. The summed E-state index contributed by atoms with van der Waals surface area (Å²) in [4.78, 5) is 2.54. The predicted octanol–water partition coefficient (Wildman–Crippen LogP) is 0.994. The molecule has 0 spiro atoms. The second-order valence-electron chi connectivity index (χ2n) is 5.40. The lowest BCUT2D eigenvalue weighted by Gasteiger charge is -2.53. The Morgan fingerprint density at radius 1 is 1.47 bits per heavy atom. The molecule has 100 valence electrons. The molecule has 0 aromatic heterocycles. The molecule has 2 rings (SSSR count). The Morgan fingerprint density at radius 3 is 2.88 bits per heavy atom. The van der Waals surface area contributed by atoms with E-state index < -0.39 is 0 Å². The first-order chi connectivity index (χ1) is 8.20. The van der Waals surface area contributed by atoms with Crippen molar-refractivity contribution in [3.8, 4) is 0 Å². The Hall–Kier alpha value is -0.160. The molecule has 1 heterocycles. The second kappa shape index (κ2) is 5.65. The lowest BCUT2D eigenvalue weighted by molar-refractivity contribution is -0.104. The van der Waals surface area contributed by atoms with E-state index in [0.29, 0.717) is 12.2 Å². The summed E-state index contributed by atoms with van der Waals surface area (Å²) < 4.78 is 11.4. The smallest absolute Gasteiger partial charge is 0.0674 e. The molecule has 0 bridgehead atoms. The van der Waals surface area contributed by atoms with Crippen molar-refractivity contribution in [2.75, 3.05) is 32.8 Å². The van der Waals surface area contributed by atoms with Gasteiger partial charge in [-0.25, -0.2) is 0 Å². The first-order valence-corrected chi connectivity index (χ1v) is 6.88. The van der Waals surface area contributed by atoms with Gasteiger partial charge in [0.25, 0.3) is 0 Å². The first-order valence-electron chi connectivity index (χ1n) is 6.88. The van der Waals surface area contributed by atoms with Crippen molar-refractivity contribution in [1.82, 2.24) is 4.90 Å². The third kappa shape index (κ3) is 2.81. The zero-order valence-corrected chi connectivity index (χ0v) is 11.2. The summed E-state index contributed by atoms with van der Waals surface area (Å²) in [6.45, 7) is 8.77. The van der Waals surface area contributed by atoms with Crippen molar-refractivity contribution in [2.45, 2.75) is 50.9 Å². The molecular weight excluding hydrogens is 216 g/mol. The van der Waals surface area contributed by atoms with Gasteiger partial charge in [-0.3, -0.25) is 4.90 Å². The van der Waals surface area contributed by atoms with Crippen LogP contribution in [-0.4, -0.2) is 55.5 Å². The fourth-order valence-electron chi connectivity index (χ4n) is 3.12. The third-order valence-electron chi connectivity index (χ3n) is 4.12. The monoisotopic (exact) mass is 242 g/mol. The van der Waals surface area contributed by atoms with E-state index in [2.05, 4.69) is 18.7 Å². The van der Waals surface area contributed by atoms with Crippen LogP contribution in [0.5, 0.6) is 0 Å². The van der Waals surface area contributed by atoms with E-state index in [1.165, 1.54) is 0 Å². The Kier molecular flexibility index (Phi) is 4.42. The second-order valence-corrected chi connectivity index (χ2v) is 5.40. The Morgan fingerprint density at radius 2 is 2.24 bits per heavy atom. The molecule has 1 aliphatic heterocycles. The van der Waals surface area contributed by atoms with Crippen LogP contribution >= 0.6 is 0 Å². The molecule has 4 nitrogen and oxygen atoms in total. The molecule has 1 saturated heterocycles. The SMILES string of the molecule is CCOC1CC(CN)(N2CCCOC(C)C2)C1. The molecule has 0 aromatic rings. The van der Waals surface area contributed by atoms with Crippen LogP contribution in [0.1, 0.15) is 33.1 Å². The predicted molar refractivity (Wildman–Crippen MR) is 68.0 cm³/mol. The van der Waals surface area contributed by atoms with E-state index in [4.69, 9.17) is 15.2 Å². The number of hydrogen-bond acceptors (Lipinski definition) is 4. The molecule has 0 radical (unpaired) electrons. The van der Waals surface area contributed by atoms with Crippen LogP contribution in [0.15, 0.2) is 0 Å². The fraction of sp³-hybridized carbons (Fsp3) is 1.00. The maximum Gasteiger partial charge on any atom is 0.0674 e. The summed E-state index contributed by atoms with van der Waals surface area (Å²) in [6.07, 6.45) is 4.04. The number of rotatable bonds is 4. The van der Waals surface area contributed by atoms with Crippen molar-refractivity contribution >= 4 is 0 Å². The van der Waals surface area contributed by atoms with Gasteiger partial charge < -0.3 is 15.2 Å². The first kappa shape index (κ1) is 13.3. The molecule has 1 saturated carbocycles. The molecule has 4 heteroatoms. The Labute approximate surface area is 104 Å². The van der Waals surface area contributed by atoms with Gasteiger partial charge in [-0.2, -0.15) is 0 Å². The summed E-state index contributed by atoms with van der Waals surface area (Å²) in [5, 5.41) is 0. The molecule has 1 aliphatic carbocycles. The van der Waals surface area contributed by atoms with Gasteiger partial charge in [0.2, 0.25) is 0 Å². The zero-order chi connectivity index (χ0) is 12.3. The van der Waals surface area contributed by atoms with E-state index in [-0.39, 0.29) is 5.54 Å². The van der Waals surface area contributed by atoms with Crippen molar-refractivity contribution in [1.29, 1.82) is 0 Å². The van der Waals surface area contributed by atoms with Crippen molar-refractivity contribution in [2.24, 2.45) is 5.73 Å². The van der Waals surface area contributed by atoms with E-state index >= 15 is 0 Å². The summed E-state index contributed by atoms with van der Waals surface area (Å²) in [7, 11) is 0. The Balaban J connectivity index is 1.94. The topological polar surface area (TPSA) is 47.7 Å². The highest BCUT2D eigenvalue weighted by Gasteiger charge is 2.48. The Bertz CT molecular complexity index is 242. The maximum absolute atomic E-state index is 6.02. The molecular formula is C13H26N2O2. The third-order valence-corrected chi connectivity index (χ3v) is 4.12. The fourth-order valence-corrected chi connectivity index (χ4v) is 3.12. The minimum Gasteiger partial charge on any atom is -0.378 e. The van der Waals surface area contributed by atoms with Gasteiger partial charge in [0.1, 0.15) is 0 Å². The van der Waals surface area contributed by atoms with Crippen LogP contribution < -0.4 is 5.73 Å². The maximum atomic E-state index is 6.02. The number of ether oxygens (including phenoxy) is 2. The van der Waals surface area contributed by atoms with Gasteiger partial charge in [0.15, 0.2) is 0 Å². The van der Waals surface area contributed by atoms with Gasteiger partial charge in [-0.05, 0) is 33.1 Å². The summed E-state index contributed by atoms with van der Waals surface area (Å²) >= 11 is 0. The number of nitrogens with zero attached hydrogens (tertiary/aromatic N) is 1. The zero-order valence-electron chi connectivity index (χ0n) is 11.2. The van der Waals surface area contributed by atoms with Gasteiger partial charge >= 0.3 is 0 Å². The highest BCUT2D eigenvalue weighted by atomic mass is 16.5. The average Bonchev–Trinajstić information content (AvgIpc) is 2.48. The largest absolute Gasteiger partial charge is 0.378 e. The van der Waals surface area contributed by atoms with Crippen LogP contribution in [0.4, 0.5) is 0 Å². The van der Waals surface area contributed by atoms with Gasteiger partial charge in [-0.1, -0.05) is 0 Å². The molecule has 1 unspecified atom stereocenters. The van der Waals surface area contributed by atoms with Crippen LogP contribution in [0, 0.1) is 0 Å². The van der Waals surface area contributed by atoms with Gasteiger partial charge in [0, 0.05) is 38.4 Å². The average molecular weight is 242 g/mol. The standard InChI is InChI=1S/C13H26N2O2/c1-3-16-12-7-13(8-12,10-14)15-5-4-6-17-11(2)9-15/h11-12H,3-10,14H2,1-2H3. The molecule has 0 aromatic carbocycles. The van der Waals surface area contributed by atoms with Gasteiger partial charge in [0.05, 0.1) is 12.2 Å². The van der Waals surface area contributed by atoms with E-state index in [1.54, 1.807) is 0 Å². The molecule has 0 amide bonds. The summed E-state index contributed by atoms with van der Waals surface area (Å²) in [6, 6.07) is 0. The van der Waals surface area contributed by atoms with E-state index in [9.17, 15) is 0 Å². The van der Waals surface area contributed by atoms with Crippen molar-refractivity contribution < 1.29 is 9.47 Å². The summed E-state index contributed by atoms with van der Waals surface area (Å²) in [5.41, 5.74) is 6.20. The number of hydrogen-bond donors (Lipinski definition) is 1. The lowest BCUT2D eigenvalue weighted by Crippen LogP contribution is -2.64. The minimum atomic E-state index is 0.182. The van der Waals surface area contributed by atoms with Crippen LogP contribution in [0.3, 0.4) is 0 Å². The van der Waals surface area contributed by atoms with E-state index in [1.807, 2.05) is 0 Å². The van der Waals surface area contributed by atoms with Crippen LogP contribution in [0.2, 0.25) is 0 Å². The highest BCUT2D eigenvalue weighted by molar-refractivity contribution is 5.05. The lowest BCUT2D eigenvalue weighted by atomic mass is 9.72. The van der Waals surface area contributed by atoms with Crippen LogP contribution in [-0.2, 0) is 9.47 Å². The van der Waals surface area contributed by atoms with Crippen molar-refractivity contribution in [3.63, 3.8) is 0 Å². The van der Waals surface area contributed by atoms with Crippen LogP contribution in [0.25, 0.3) is 0 Å².